The third kappa shape index (κ3) is 1.46. The van der Waals surface area contributed by atoms with Gasteiger partial charge in [0.05, 0.1) is 13.2 Å². The number of halogens is 3. The van der Waals surface area contributed by atoms with Crippen LogP contribution in [0.3, 0.4) is 0 Å². The lowest BCUT2D eigenvalue weighted by Crippen LogP contribution is -2.52. The first-order valence-corrected chi connectivity index (χ1v) is 5.06. The van der Waals surface area contributed by atoms with E-state index < -0.39 is 11.8 Å². The van der Waals surface area contributed by atoms with Gasteiger partial charge in [0.1, 0.15) is 5.41 Å². The Labute approximate surface area is 89.2 Å². The Hall–Kier alpha value is -0.480. The molecule has 0 amide bonds. The Morgan fingerprint density at radius 3 is 2.50 bits per heavy atom. The highest BCUT2D eigenvalue weighted by Crippen LogP contribution is 2.38. The summed E-state index contributed by atoms with van der Waals surface area (Å²) in [5.74, 6) is 0. The van der Waals surface area contributed by atoms with E-state index in [9.17, 15) is 8.78 Å². The average molecular weight is 263 g/mol. The van der Waals surface area contributed by atoms with Crippen LogP contribution < -0.4 is 0 Å². The first kappa shape index (κ1) is 10.1. The smallest absolute Gasteiger partial charge is 0.252 e. The lowest BCUT2D eigenvalue weighted by molar-refractivity contribution is -0.133. The summed E-state index contributed by atoms with van der Waals surface area (Å²) in [4.78, 5) is 0. The van der Waals surface area contributed by atoms with Crippen LogP contribution in [0.5, 0.6) is 0 Å². The molecule has 2 rings (SSSR count). The van der Waals surface area contributed by atoms with Crippen molar-refractivity contribution in [3.05, 3.63) is 34.3 Å². The molecule has 0 aromatic heterocycles. The Kier molecular flexibility index (Phi) is 2.58. The SMILES string of the molecule is FC(F)C1(c2cccc(Br)c2)COC1. The van der Waals surface area contributed by atoms with Crippen LogP contribution in [0.1, 0.15) is 5.56 Å². The fraction of sp³-hybridized carbons (Fsp3) is 0.400. The molecule has 1 fully saturated rings. The van der Waals surface area contributed by atoms with Crippen LogP contribution in [0, 0.1) is 0 Å². The molecular formula is C10H9BrF2O. The number of rotatable bonds is 2. The van der Waals surface area contributed by atoms with Crippen molar-refractivity contribution in [2.75, 3.05) is 13.2 Å². The molecule has 0 atom stereocenters. The van der Waals surface area contributed by atoms with E-state index in [1.807, 2.05) is 6.07 Å². The first-order chi connectivity index (χ1) is 6.65. The molecule has 0 N–H and O–H groups in total. The molecule has 1 heterocycles. The number of ether oxygens (including phenoxy) is 1. The topological polar surface area (TPSA) is 9.23 Å². The van der Waals surface area contributed by atoms with Crippen LogP contribution in [0.4, 0.5) is 8.78 Å². The summed E-state index contributed by atoms with van der Waals surface area (Å²) in [6, 6.07) is 7.04. The van der Waals surface area contributed by atoms with Gasteiger partial charge in [-0.05, 0) is 17.7 Å². The highest BCUT2D eigenvalue weighted by atomic mass is 79.9. The largest absolute Gasteiger partial charge is 0.379 e. The van der Waals surface area contributed by atoms with Gasteiger partial charge in [-0.25, -0.2) is 8.78 Å². The maximum Gasteiger partial charge on any atom is 0.252 e. The van der Waals surface area contributed by atoms with Crippen LogP contribution in [0.25, 0.3) is 0 Å². The van der Waals surface area contributed by atoms with Crippen LogP contribution in [-0.2, 0) is 10.2 Å². The quantitative estimate of drug-likeness (QED) is 0.797. The van der Waals surface area contributed by atoms with Gasteiger partial charge in [0.15, 0.2) is 0 Å². The normalized spacial score (nSPS) is 19.4. The zero-order valence-corrected chi connectivity index (χ0v) is 8.93. The zero-order valence-electron chi connectivity index (χ0n) is 7.34. The fourth-order valence-corrected chi connectivity index (χ4v) is 1.94. The van der Waals surface area contributed by atoms with Crippen molar-refractivity contribution in [3.8, 4) is 0 Å². The molecule has 1 aromatic rings. The number of alkyl halides is 2. The molecule has 14 heavy (non-hydrogen) atoms. The molecule has 1 aliphatic rings. The standard InChI is InChI=1S/C10H9BrF2O/c11-8-3-1-2-7(4-8)10(9(12)13)5-14-6-10/h1-4,9H,5-6H2. The van der Waals surface area contributed by atoms with Crippen molar-refractivity contribution in [2.45, 2.75) is 11.8 Å². The van der Waals surface area contributed by atoms with Crippen LogP contribution >= 0.6 is 15.9 Å². The maximum absolute atomic E-state index is 12.9. The number of hydrogen-bond acceptors (Lipinski definition) is 1. The first-order valence-electron chi connectivity index (χ1n) is 4.27. The van der Waals surface area contributed by atoms with E-state index in [1.54, 1.807) is 18.2 Å². The van der Waals surface area contributed by atoms with E-state index in [1.165, 1.54) is 0 Å². The van der Waals surface area contributed by atoms with Crippen molar-refractivity contribution >= 4 is 15.9 Å². The molecule has 1 aromatic carbocycles. The van der Waals surface area contributed by atoms with Gasteiger partial charge in [-0.1, -0.05) is 28.1 Å². The second-order valence-electron chi connectivity index (χ2n) is 3.46. The summed E-state index contributed by atoms with van der Waals surface area (Å²) in [6.07, 6.45) is -2.37. The summed E-state index contributed by atoms with van der Waals surface area (Å²) < 4.78 is 31.4. The highest BCUT2D eigenvalue weighted by Gasteiger charge is 2.48. The van der Waals surface area contributed by atoms with Gasteiger partial charge < -0.3 is 4.74 Å². The molecule has 0 radical (unpaired) electrons. The summed E-state index contributed by atoms with van der Waals surface area (Å²) in [7, 11) is 0. The van der Waals surface area contributed by atoms with Gasteiger partial charge in [-0.2, -0.15) is 0 Å². The summed E-state index contributed by atoms with van der Waals surface area (Å²) in [6.45, 7) is 0.224. The van der Waals surface area contributed by atoms with E-state index in [4.69, 9.17) is 4.74 Å². The van der Waals surface area contributed by atoms with Gasteiger partial charge in [0.2, 0.25) is 0 Å². The Balaban J connectivity index is 2.37. The predicted molar refractivity (Wildman–Crippen MR) is 52.6 cm³/mol. The second-order valence-corrected chi connectivity index (χ2v) is 4.38. The fourth-order valence-electron chi connectivity index (χ4n) is 1.54. The van der Waals surface area contributed by atoms with Gasteiger partial charge in [0.25, 0.3) is 6.43 Å². The summed E-state index contributed by atoms with van der Waals surface area (Å²) in [5, 5.41) is 0. The van der Waals surface area contributed by atoms with E-state index in [-0.39, 0.29) is 13.2 Å². The summed E-state index contributed by atoms with van der Waals surface area (Å²) in [5.41, 5.74) is -0.433. The van der Waals surface area contributed by atoms with Gasteiger partial charge >= 0.3 is 0 Å². The minimum atomic E-state index is -2.37. The van der Waals surface area contributed by atoms with Crippen molar-refractivity contribution in [3.63, 3.8) is 0 Å². The molecule has 0 aliphatic carbocycles. The van der Waals surface area contributed by atoms with Crippen molar-refractivity contribution in [1.29, 1.82) is 0 Å². The molecule has 76 valence electrons. The third-order valence-electron chi connectivity index (χ3n) is 2.54. The van der Waals surface area contributed by atoms with Crippen molar-refractivity contribution in [2.24, 2.45) is 0 Å². The highest BCUT2D eigenvalue weighted by molar-refractivity contribution is 9.10. The Morgan fingerprint density at radius 1 is 1.36 bits per heavy atom. The predicted octanol–water partition coefficient (Wildman–Crippen LogP) is 2.98. The van der Waals surface area contributed by atoms with Crippen LogP contribution in [0.2, 0.25) is 0 Å². The maximum atomic E-state index is 12.9. The molecular weight excluding hydrogens is 254 g/mol. The Morgan fingerprint density at radius 2 is 2.07 bits per heavy atom. The molecule has 0 unspecified atom stereocenters. The molecule has 1 nitrogen and oxygen atoms in total. The lowest BCUT2D eigenvalue weighted by atomic mass is 9.79. The summed E-state index contributed by atoms with van der Waals surface area (Å²) >= 11 is 3.27. The van der Waals surface area contributed by atoms with Crippen molar-refractivity contribution < 1.29 is 13.5 Å². The van der Waals surface area contributed by atoms with E-state index >= 15 is 0 Å². The van der Waals surface area contributed by atoms with E-state index in [0.29, 0.717) is 5.56 Å². The molecule has 1 saturated heterocycles. The molecule has 0 bridgehead atoms. The van der Waals surface area contributed by atoms with Crippen molar-refractivity contribution in [1.82, 2.24) is 0 Å². The Bertz CT molecular complexity index is 337. The van der Waals surface area contributed by atoms with E-state index in [2.05, 4.69) is 15.9 Å². The van der Waals surface area contributed by atoms with Gasteiger partial charge in [0, 0.05) is 4.47 Å². The average Bonchev–Trinajstić information content (AvgIpc) is 2.00. The molecule has 0 saturated carbocycles. The number of hydrogen-bond donors (Lipinski definition) is 0. The second kappa shape index (κ2) is 3.59. The lowest BCUT2D eigenvalue weighted by Gasteiger charge is -2.41. The molecule has 1 aliphatic heterocycles. The molecule has 4 heteroatoms. The molecule has 0 spiro atoms. The van der Waals surface area contributed by atoms with Gasteiger partial charge in [-0.15, -0.1) is 0 Å². The monoisotopic (exact) mass is 262 g/mol. The third-order valence-corrected chi connectivity index (χ3v) is 3.03. The van der Waals surface area contributed by atoms with Crippen LogP contribution in [0.15, 0.2) is 28.7 Å². The zero-order chi connectivity index (χ0) is 10.2. The van der Waals surface area contributed by atoms with E-state index in [0.717, 1.165) is 4.47 Å². The minimum absolute atomic E-state index is 0.112. The minimum Gasteiger partial charge on any atom is -0.379 e. The van der Waals surface area contributed by atoms with Gasteiger partial charge in [-0.3, -0.25) is 0 Å². The van der Waals surface area contributed by atoms with Crippen LogP contribution in [-0.4, -0.2) is 19.6 Å². The number of benzene rings is 1.